The number of carbonyl (C=O) groups is 1. The molecule has 0 saturated heterocycles. The van der Waals surface area contributed by atoms with Crippen LogP contribution < -0.4 is 5.32 Å². The van der Waals surface area contributed by atoms with Gasteiger partial charge < -0.3 is 5.32 Å². The maximum atomic E-state index is 13.6. The summed E-state index contributed by atoms with van der Waals surface area (Å²) in [5.74, 6) is -0.0710. The van der Waals surface area contributed by atoms with Crippen LogP contribution in [0.3, 0.4) is 0 Å². The SMILES string of the molecule is Cc1ccc(C(=O)NC2CCC(C)C2)c(F)c1. The topological polar surface area (TPSA) is 29.1 Å². The van der Waals surface area contributed by atoms with E-state index in [4.69, 9.17) is 0 Å². The monoisotopic (exact) mass is 235 g/mol. The summed E-state index contributed by atoms with van der Waals surface area (Å²) < 4.78 is 13.6. The molecule has 0 spiro atoms. The highest BCUT2D eigenvalue weighted by atomic mass is 19.1. The molecule has 0 bridgehead atoms. The highest BCUT2D eigenvalue weighted by molar-refractivity contribution is 5.94. The summed E-state index contributed by atoms with van der Waals surface area (Å²) >= 11 is 0. The van der Waals surface area contributed by atoms with Gasteiger partial charge in [0.25, 0.3) is 5.91 Å². The zero-order chi connectivity index (χ0) is 12.4. The molecule has 3 heteroatoms. The predicted molar refractivity (Wildman–Crippen MR) is 65.4 cm³/mol. The highest BCUT2D eigenvalue weighted by Crippen LogP contribution is 2.25. The first-order chi connectivity index (χ1) is 8.06. The second-order valence-electron chi connectivity index (χ2n) is 5.07. The van der Waals surface area contributed by atoms with E-state index in [0.717, 1.165) is 24.8 Å². The molecule has 1 amide bonds. The molecule has 1 aliphatic rings. The fraction of sp³-hybridized carbons (Fsp3) is 0.500. The molecule has 1 fully saturated rings. The molecule has 1 aliphatic carbocycles. The summed E-state index contributed by atoms with van der Waals surface area (Å²) in [6.45, 7) is 3.99. The molecule has 1 aromatic carbocycles. The van der Waals surface area contributed by atoms with Gasteiger partial charge in [0.1, 0.15) is 5.82 Å². The van der Waals surface area contributed by atoms with Crippen molar-refractivity contribution in [1.29, 1.82) is 0 Å². The minimum absolute atomic E-state index is 0.148. The summed E-state index contributed by atoms with van der Waals surface area (Å²) in [5.41, 5.74) is 0.976. The van der Waals surface area contributed by atoms with Crippen LogP contribution in [0.2, 0.25) is 0 Å². The fourth-order valence-electron chi connectivity index (χ4n) is 2.41. The van der Waals surface area contributed by atoms with Crippen molar-refractivity contribution in [1.82, 2.24) is 5.32 Å². The molecule has 1 saturated carbocycles. The Morgan fingerprint density at radius 2 is 2.18 bits per heavy atom. The fourth-order valence-corrected chi connectivity index (χ4v) is 2.41. The summed E-state index contributed by atoms with van der Waals surface area (Å²) in [6, 6.07) is 4.91. The number of hydrogen-bond acceptors (Lipinski definition) is 1. The average Bonchev–Trinajstić information content (AvgIpc) is 2.63. The second kappa shape index (κ2) is 4.86. The van der Waals surface area contributed by atoms with Gasteiger partial charge in [0.2, 0.25) is 0 Å². The molecule has 1 aromatic rings. The summed E-state index contributed by atoms with van der Waals surface area (Å²) in [5, 5.41) is 2.91. The average molecular weight is 235 g/mol. The third-order valence-corrected chi connectivity index (χ3v) is 3.40. The van der Waals surface area contributed by atoms with E-state index in [9.17, 15) is 9.18 Å². The summed E-state index contributed by atoms with van der Waals surface area (Å²) in [4.78, 5) is 11.9. The van der Waals surface area contributed by atoms with Crippen molar-refractivity contribution in [3.05, 3.63) is 35.1 Å². The van der Waals surface area contributed by atoms with E-state index in [-0.39, 0.29) is 17.5 Å². The van der Waals surface area contributed by atoms with Gasteiger partial charge in [-0.25, -0.2) is 4.39 Å². The highest BCUT2D eigenvalue weighted by Gasteiger charge is 2.23. The Morgan fingerprint density at radius 1 is 1.41 bits per heavy atom. The molecule has 0 aliphatic heterocycles. The van der Waals surface area contributed by atoms with E-state index in [1.165, 1.54) is 6.07 Å². The van der Waals surface area contributed by atoms with Crippen LogP contribution >= 0.6 is 0 Å². The molecule has 17 heavy (non-hydrogen) atoms. The zero-order valence-electron chi connectivity index (χ0n) is 10.3. The predicted octanol–water partition coefficient (Wildman–Crippen LogP) is 3.05. The Hall–Kier alpha value is -1.38. The number of rotatable bonds is 2. The van der Waals surface area contributed by atoms with E-state index in [1.54, 1.807) is 12.1 Å². The number of nitrogens with one attached hydrogen (secondary N) is 1. The van der Waals surface area contributed by atoms with Crippen LogP contribution in [0.1, 0.15) is 42.1 Å². The molecule has 2 nitrogen and oxygen atoms in total. The van der Waals surface area contributed by atoms with Gasteiger partial charge in [-0.15, -0.1) is 0 Å². The quantitative estimate of drug-likeness (QED) is 0.838. The number of amides is 1. The van der Waals surface area contributed by atoms with Crippen molar-refractivity contribution in [2.24, 2.45) is 5.92 Å². The molecule has 2 unspecified atom stereocenters. The first-order valence-electron chi connectivity index (χ1n) is 6.13. The van der Waals surface area contributed by atoms with Crippen LogP contribution in [0.25, 0.3) is 0 Å². The molecule has 0 heterocycles. The Labute approximate surface area is 101 Å². The van der Waals surface area contributed by atoms with Crippen LogP contribution in [0.15, 0.2) is 18.2 Å². The lowest BCUT2D eigenvalue weighted by Gasteiger charge is -2.13. The van der Waals surface area contributed by atoms with E-state index in [1.807, 2.05) is 6.92 Å². The van der Waals surface area contributed by atoms with Crippen LogP contribution in [-0.2, 0) is 0 Å². The number of aryl methyl sites for hydroxylation is 1. The molecular weight excluding hydrogens is 217 g/mol. The minimum Gasteiger partial charge on any atom is -0.349 e. The van der Waals surface area contributed by atoms with Gasteiger partial charge in [0.05, 0.1) is 5.56 Å². The second-order valence-corrected chi connectivity index (χ2v) is 5.07. The first-order valence-corrected chi connectivity index (χ1v) is 6.13. The van der Waals surface area contributed by atoms with E-state index >= 15 is 0 Å². The Balaban J connectivity index is 2.04. The molecule has 1 N–H and O–H groups in total. The zero-order valence-corrected chi connectivity index (χ0v) is 10.3. The summed E-state index contributed by atoms with van der Waals surface area (Å²) in [6.07, 6.45) is 3.14. The minimum atomic E-state index is -0.437. The third kappa shape index (κ3) is 2.84. The Bertz CT molecular complexity index is 430. The van der Waals surface area contributed by atoms with Gasteiger partial charge in [-0.05, 0) is 49.8 Å². The van der Waals surface area contributed by atoms with Crippen molar-refractivity contribution >= 4 is 5.91 Å². The van der Waals surface area contributed by atoms with E-state index in [2.05, 4.69) is 12.2 Å². The number of halogens is 1. The third-order valence-electron chi connectivity index (χ3n) is 3.40. The van der Waals surface area contributed by atoms with Crippen molar-refractivity contribution in [2.75, 3.05) is 0 Å². The van der Waals surface area contributed by atoms with Crippen LogP contribution in [0.4, 0.5) is 4.39 Å². The standard InChI is InChI=1S/C14H18FNO/c1-9-3-5-11(7-9)16-14(17)12-6-4-10(2)8-13(12)15/h4,6,8-9,11H,3,5,7H2,1-2H3,(H,16,17). The lowest BCUT2D eigenvalue weighted by Crippen LogP contribution is -2.33. The van der Waals surface area contributed by atoms with Crippen molar-refractivity contribution < 1.29 is 9.18 Å². The molecule has 2 rings (SSSR count). The molecule has 2 atom stereocenters. The van der Waals surface area contributed by atoms with Gasteiger partial charge in [-0.3, -0.25) is 4.79 Å². The summed E-state index contributed by atoms with van der Waals surface area (Å²) in [7, 11) is 0. The van der Waals surface area contributed by atoms with Crippen LogP contribution in [0.5, 0.6) is 0 Å². The number of hydrogen-bond donors (Lipinski definition) is 1. The number of benzene rings is 1. The lowest BCUT2D eigenvalue weighted by molar-refractivity contribution is 0.0933. The Morgan fingerprint density at radius 3 is 2.76 bits per heavy atom. The van der Waals surface area contributed by atoms with Gasteiger partial charge >= 0.3 is 0 Å². The van der Waals surface area contributed by atoms with E-state index in [0.29, 0.717) is 5.92 Å². The Kier molecular flexibility index (Phi) is 3.46. The first kappa shape index (κ1) is 12.1. The molecule has 0 radical (unpaired) electrons. The molecule has 0 aromatic heterocycles. The van der Waals surface area contributed by atoms with Crippen LogP contribution in [0, 0.1) is 18.7 Å². The normalized spacial score (nSPS) is 23.7. The number of carbonyl (C=O) groups excluding carboxylic acids is 1. The van der Waals surface area contributed by atoms with Gasteiger partial charge in [0.15, 0.2) is 0 Å². The van der Waals surface area contributed by atoms with Gasteiger partial charge in [-0.1, -0.05) is 13.0 Å². The van der Waals surface area contributed by atoms with Crippen molar-refractivity contribution in [2.45, 2.75) is 39.2 Å². The van der Waals surface area contributed by atoms with Crippen LogP contribution in [-0.4, -0.2) is 11.9 Å². The van der Waals surface area contributed by atoms with Gasteiger partial charge in [-0.2, -0.15) is 0 Å². The lowest BCUT2D eigenvalue weighted by atomic mass is 10.1. The smallest absolute Gasteiger partial charge is 0.254 e. The molecule has 92 valence electrons. The van der Waals surface area contributed by atoms with E-state index < -0.39 is 5.82 Å². The largest absolute Gasteiger partial charge is 0.349 e. The maximum absolute atomic E-state index is 13.6. The molecular formula is C14H18FNO. The van der Waals surface area contributed by atoms with Gasteiger partial charge in [0, 0.05) is 6.04 Å². The van der Waals surface area contributed by atoms with Crippen molar-refractivity contribution in [3.63, 3.8) is 0 Å². The van der Waals surface area contributed by atoms with Crippen molar-refractivity contribution in [3.8, 4) is 0 Å². The maximum Gasteiger partial charge on any atom is 0.254 e.